The van der Waals surface area contributed by atoms with Crippen molar-refractivity contribution in [3.8, 4) is 0 Å². The second-order valence-corrected chi connectivity index (χ2v) is 6.00. The zero-order valence-electron chi connectivity index (χ0n) is 11.1. The lowest BCUT2D eigenvalue weighted by Gasteiger charge is -2.17. The summed E-state index contributed by atoms with van der Waals surface area (Å²) in [5, 5.41) is 5.64. The fourth-order valence-corrected chi connectivity index (χ4v) is 3.27. The van der Waals surface area contributed by atoms with Crippen LogP contribution in [-0.2, 0) is 15.9 Å². The number of ether oxygens (including phenoxy) is 2. The maximum absolute atomic E-state index is 5.52. The number of halogens is 1. The van der Waals surface area contributed by atoms with Crippen molar-refractivity contribution in [3.63, 3.8) is 0 Å². The molecule has 1 rings (SSSR count). The Hall–Kier alpha value is 0.0600. The number of hydrogen-bond acceptors (Lipinski definition) is 4. The standard InChI is InChI=1S/C13H22BrNO2S/c1-3-15-12(4-5-17-7-6-16-2)9-13-8-11(14)10-18-13/h8,10,12,15H,3-7,9H2,1-2H3. The average molecular weight is 336 g/mol. The Morgan fingerprint density at radius 1 is 1.39 bits per heavy atom. The molecule has 0 saturated carbocycles. The summed E-state index contributed by atoms with van der Waals surface area (Å²) in [7, 11) is 1.69. The zero-order chi connectivity index (χ0) is 13.2. The maximum Gasteiger partial charge on any atom is 0.0700 e. The molecule has 1 atom stereocenters. The van der Waals surface area contributed by atoms with Crippen LogP contribution in [0, 0.1) is 0 Å². The molecule has 3 nitrogen and oxygen atoms in total. The van der Waals surface area contributed by atoms with Gasteiger partial charge in [-0.25, -0.2) is 0 Å². The lowest BCUT2D eigenvalue weighted by molar-refractivity contribution is 0.0659. The lowest BCUT2D eigenvalue weighted by atomic mass is 10.1. The van der Waals surface area contributed by atoms with Crippen LogP contribution in [0.25, 0.3) is 0 Å². The molecule has 18 heavy (non-hydrogen) atoms. The fraction of sp³-hybridized carbons (Fsp3) is 0.692. The third-order valence-corrected chi connectivity index (χ3v) is 4.32. The van der Waals surface area contributed by atoms with Crippen LogP contribution >= 0.6 is 27.3 Å². The highest BCUT2D eigenvalue weighted by molar-refractivity contribution is 9.10. The van der Waals surface area contributed by atoms with E-state index in [4.69, 9.17) is 9.47 Å². The third-order valence-electron chi connectivity index (χ3n) is 2.60. The quantitative estimate of drug-likeness (QED) is 0.666. The van der Waals surface area contributed by atoms with Crippen molar-refractivity contribution in [2.24, 2.45) is 0 Å². The second-order valence-electron chi connectivity index (χ2n) is 4.08. The molecular weight excluding hydrogens is 314 g/mol. The minimum Gasteiger partial charge on any atom is -0.382 e. The van der Waals surface area contributed by atoms with Crippen molar-refractivity contribution >= 4 is 27.3 Å². The largest absolute Gasteiger partial charge is 0.382 e. The van der Waals surface area contributed by atoms with Crippen molar-refractivity contribution < 1.29 is 9.47 Å². The first kappa shape index (κ1) is 16.1. The minimum atomic E-state index is 0.489. The Morgan fingerprint density at radius 3 is 2.83 bits per heavy atom. The van der Waals surface area contributed by atoms with Crippen LogP contribution < -0.4 is 5.32 Å². The molecule has 0 aliphatic heterocycles. The second kappa shape index (κ2) is 9.92. The molecule has 1 aromatic rings. The van der Waals surface area contributed by atoms with Crippen molar-refractivity contribution in [2.75, 3.05) is 33.5 Å². The highest BCUT2D eigenvalue weighted by Crippen LogP contribution is 2.21. The van der Waals surface area contributed by atoms with Gasteiger partial charge in [-0.1, -0.05) is 6.92 Å². The first-order valence-electron chi connectivity index (χ1n) is 6.29. The van der Waals surface area contributed by atoms with Crippen molar-refractivity contribution in [1.29, 1.82) is 0 Å². The molecule has 0 radical (unpaired) electrons. The SMILES string of the molecule is CCNC(CCOCCOC)Cc1cc(Br)cs1. The van der Waals surface area contributed by atoms with Gasteiger partial charge in [-0.15, -0.1) is 11.3 Å². The molecule has 0 aliphatic carbocycles. The summed E-state index contributed by atoms with van der Waals surface area (Å²) in [6.07, 6.45) is 2.10. The van der Waals surface area contributed by atoms with Gasteiger partial charge in [0, 0.05) is 34.5 Å². The van der Waals surface area contributed by atoms with Gasteiger partial charge in [-0.05, 0) is 41.4 Å². The van der Waals surface area contributed by atoms with E-state index in [9.17, 15) is 0 Å². The summed E-state index contributed by atoms with van der Waals surface area (Å²) in [5.41, 5.74) is 0. The van der Waals surface area contributed by atoms with E-state index in [0.717, 1.165) is 26.0 Å². The highest BCUT2D eigenvalue weighted by atomic mass is 79.9. The van der Waals surface area contributed by atoms with Gasteiger partial charge in [0.2, 0.25) is 0 Å². The Bertz CT molecular complexity index is 320. The number of hydrogen-bond donors (Lipinski definition) is 1. The van der Waals surface area contributed by atoms with Gasteiger partial charge >= 0.3 is 0 Å². The first-order valence-corrected chi connectivity index (χ1v) is 7.96. The summed E-state index contributed by atoms with van der Waals surface area (Å²) >= 11 is 5.30. The van der Waals surface area contributed by atoms with Crippen LogP contribution in [0.5, 0.6) is 0 Å². The van der Waals surface area contributed by atoms with Crippen LogP contribution in [0.15, 0.2) is 15.9 Å². The van der Waals surface area contributed by atoms with E-state index in [1.54, 1.807) is 18.4 Å². The van der Waals surface area contributed by atoms with Crippen LogP contribution in [0.1, 0.15) is 18.2 Å². The lowest BCUT2D eigenvalue weighted by Crippen LogP contribution is -2.32. The molecule has 104 valence electrons. The van der Waals surface area contributed by atoms with E-state index in [1.165, 1.54) is 9.35 Å². The Morgan fingerprint density at radius 2 is 2.22 bits per heavy atom. The van der Waals surface area contributed by atoms with Gasteiger partial charge in [0.25, 0.3) is 0 Å². The van der Waals surface area contributed by atoms with E-state index in [-0.39, 0.29) is 0 Å². The Balaban J connectivity index is 2.26. The molecule has 0 aliphatic rings. The summed E-state index contributed by atoms with van der Waals surface area (Å²) in [4.78, 5) is 1.41. The van der Waals surface area contributed by atoms with Gasteiger partial charge in [-0.2, -0.15) is 0 Å². The smallest absolute Gasteiger partial charge is 0.0700 e. The van der Waals surface area contributed by atoms with E-state index >= 15 is 0 Å². The van der Waals surface area contributed by atoms with Crippen LogP contribution in [0.2, 0.25) is 0 Å². The Labute approximate surface area is 122 Å². The molecule has 1 heterocycles. The minimum absolute atomic E-state index is 0.489. The molecule has 0 saturated heterocycles. The molecular formula is C13H22BrNO2S. The van der Waals surface area contributed by atoms with Crippen molar-refractivity contribution in [2.45, 2.75) is 25.8 Å². The molecule has 0 fully saturated rings. The monoisotopic (exact) mass is 335 g/mol. The fourth-order valence-electron chi connectivity index (χ4n) is 1.74. The number of rotatable bonds is 10. The van der Waals surface area contributed by atoms with Gasteiger partial charge in [-0.3, -0.25) is 0 Å². The van der Waals surface area contributed by atoms with E-state index in [2.05, 4.69) is 39.6 Å². The molecule has 5 heteroatoms. The first-order chi connectivity index (χ1) is 8.76. The number of nitrogens with one attached hydrogen (secondary N) is 1. The topological polar surface area (TPSA) is 30.5 Å². The summed E-state index contributed by atoms with van der Waals surface area (Å²) in [5.74, 6) is 0. The average Bonchev–Trinajstić information content (AvgIpc) is 2.75. The summed E-state index contributed by atoms with van der Waals surface area (Å²) in [6.45, 7) is 5.27. The highest BCUT2D eigenvalue weighted by Gasteiger charge is 2.09. The number of methoxy groups -OCH3 is 1. The zero-order valence-corrected chi connectivity index (χ0v) is 13.5. The van der Waals surface area contributed by atoms with E-state index in [0.29, 0.717) is 19.3 Å². The van der Waals surface area contributed by atoms with Crippen molar-refractivity contribution in [3.05, 3.63) is 20.8 Å². The number of thiophene rings is 1. The van der Waals surface area contributed by atoms with E-state index in [1.807, 2.05) is 0 Å². The number of likely N-dealkylation sites (N-methyl/N-ethyl adjacent to an activating group) is 1. The maximum atomic E-state index is 5.52. The molecule has 1 aromatic heterocycles. The van der Waals surface area contributed by atoms with Gasteiger partial charge in [0.15, 0.2) is 0 Å². The molecule has 0 amide bonds. The van der Waals surface area contributed by atoms with Gasteiger partial charge < -0.3 is 14.8 Å². The molecule has 0 aromatic carbocycles. The molecule has 1 N–H and O–H groups in total. The van der Waals surface area contributed by atoms with E-state index < -0.39 is 0 Å². The normalized spacial score (nSPS) is 12.8. The third kappa shape index (κ3) is 6.85. The Kier molecular flexibility index (Phi) is 8.88. The molecule has 0 bridgehead atoms. The summed E-state index contributed by atoms with van der Waals surface area (Å²) < 4.78 is 11.6. The van der Waals surface area contributed by atoms with Crippen LogP contribution in [0.3, 0.4) is 0 Å². The van der Waals surface area contributed by atoms with Crippen molar-refractivity contribution in [1.82, 2.24) is 5.32 Å². The van der Waals surface area contributed by atoms with Crippen LogP contribution in [0.4, 0.5) is 0 Å². The summed E-state index contributed by atoms with van der Waals surface area (Å²) in [6, 6.07) is 2.68. The van der Waals surface area contributed by atoms with Gasteiger partial charge in [0.1, 0.15) is 0 Å². The molecule has 1 unspecified atom stereocenters. The predicted octanol–water partition coefficient (Wildman–Crippen LogP) is 3.08. The van der Waals surface area contributed by atoms with Crippen LogP contribution in [-0.4, -0.2) is 39.5 Å². The predicted molar refractivity (Wildman–Crippen MR) is 80.5 cm³/mol. The van der Waals surface area contributed by atoms with Gasteiger partial charge in [0.05, 0.1) is 13.2 Å². The molecule has 0 spiro atoms.